The topological polar surface area (TPSA) is 29.3 Å². The fourth-order valence-corrected chi connectivity index (χ4v) is 3.48. The number of anilines is 2. The maximum Gasteiger partial charge on any atom is 0.0555 e. The Kier molecular flexibility index (Phi) is 3.25. The number of fused-ring (bicyclic) bond motifs is 2. The van der Waals surface area contributed by atoms with Crippen molar-refractivity contribution in [1.29, 1.82) is 0 Å². The normalized spacial score (nSPS) is 16.5. The summed E-state index contributed by atoms with van der Waals surface area (Å²) in [6.45, 7) is 4.26. The van der Waals surface area contributed by atoms with Gasteiger partial charge in [-0.3, -0.25) is 0 Å². The van der Waals surface area contributed by atoms with Gasteiger partial charge in [-0.25, -0.2) is 0 Å². The number of nitrogens with zero attached hydrogens (tertiary/aromatic N) is 1. The van der Waals surface area contributed by atoms with Gasteiger partial charge in [0.15, 0.2) is 0 Å². The predicted molar refractivity (Wildman–Crippen MR) is 82.3 cm³/mol. The molecule has 0 bridgehead atoms. The first-order valence-electron chi connectivity index (χ1n) is 6.59. The van der Waals surface area contributed by atoms with E-state index in [1.165, 1.54) is 21.2 Å². The summed E-state index contributed by atoms with van der Waals surface area (Å²) in [6.07, 6.45) is 0. The highest BCUT2D eigenvalue weighted by atomic mass is 32.2. The van der Waals surface area contributed by atoms with E-state index >= 15 is 0 Å². The zero-order valence-corrected chi connectivity index (χ0v) is 12.0. The van der Waals surface area contributed by atoms with E-state index in [2.05, 4.69) is 67.3 Å². The summed E-state index contributed by atoms with van der Waals surface area (Å²) < 4.78 is 0. The van der Waals surface area contributed by atoms with Crippen molar-refractivity contribution in [2.24, 2.45) is 5.73 Å². The molecule has 0 spiro atoms. The van der Waals surface area contributed by atoms with Crippen molar-refractivity contribution in [2.45, 2.75) is 35.7 Å². The molecule has 1 heterocycles. The zero-order valence-electron chi connectivity index (χ0n) is 11.2. The van der Waals surface area contributed by atoms with E-state index in [9.17, 15) is 0 Å². The quantitative estimate of drug-likeness (QED) is 0.893. The molecule has 1 aliphatic heterocycles. The number of para-hydroxylation sites is 2. The molecule has 2 atom stereocenters. The number of nitrogens with two attached hydrogens (primary N) is 1. The highest BCUT2D eigenvalue weighted by Crippen LogP contribution is 2.48. The van der Waals surface area contributed by atoms with Crippen LogP contribution < -0.4 is 10.6 Å². The number of hydrogen-bond donors (Lipinski definition) is 1. The van der Waals surface area contributed by atoms with Crippen molar-refractivity contribution in [2.75, 3.05) is 4.90 Å². The lowest BCUT2D eigenvalue weighted by Gasteiger charge is -2.38. The van der Waals surface area contributed by atoms with Gasteiger partial charge in [-0.1, -0.05) is 36.0 Å². The SMILES string of the molecule is CC(N)C(C)N1c2ccccc2Sc2ccccc21. The third kappa shape index (κ3) is 2.13. The molecular formula is C16H18N2S. The van der Waals surface area contributed by atoms with Gasteiger partial charge in [0.1, 0.15) is 0 Å². The lowest BCUT2D eigenvalue weighted by atomic mass is 10.1. The number of rotatable bonds is 2. The maximum atomic E-state index is 6.13. The molecule has 2 N–H and O–H groups in total. The Morgan fingerprint density at radius 3 is 1.84 bits per heavy atom. The lowest BCUT2D eigenvalue weighted by molar-refractivity contribution is 0.584. The zero-order chi connectivity index (χ0) is 13.4. The van der Waals surface area contributed by atoms with Crippen LogP contribution in [0.4, 0.5) is 11.4 Å². The molecule has 3 rings (SSSR count). The van der Waals surface area contributed by atoms with Crippen molar-refractivity contribution >= 4 is 23.1 Å². The average Bonchev–Trinajstić information content (AvgIpc) is 2.43. The van der Waals surface area contributed by atoms with Gasteiger partial charge in [0, 0.05) is 21.9 Å². The molecule has 0 amide bonds. The second kappa shape index (κ2) is 4.91. The molecule has 0 aliphatic carbocycles. The summed E-state index contributed by atoms with van der Waals surface area (Å²) in [5.41, 5.74) is 8.65. The highest BCUT2D eigenvalue weighted by molar-refractivity contribution is 7.99. The number of benzene rings is 2. The third-order valence-corrected chi connectivity index (χ3v) is 4.77. The van der Waals surface area contributed by atoms with Gasteiger partial charge in [-0.05, 0) is 38.1 Å². The minimum Gasteiger partial charge on any atom is -0.335 e. The van der Waals surface area contributed by atoms with Crippen LogP contribution >= 0.6 is 11.8 Å². The molecule has 19 heavy (non-hydrogen) atoms. The van der Waals surface area contributed by atoms with Gasteiger partial charge in [-0.15, -0.1) is 0 Å². The van der Waals surface area contributed by atoms with Crippen LogP contribution in [0.3, 0.4) is 0 Å². The van der Waals surface area contributed by atoms with Gasteiger partial charge >= 0.3 is 0 Å². The van der Waals surface area contributed by atoms with E-state index < -0.39 is 0 Å². The van der Waals surface area contributed by atoms with Gasteiger partial charge in [0.25, 0.3) is 0 Å². The monoisotopic (exact) mass is 270 g/mol. The summed E-state index contributed by atoms with van der Waals surface area (Å²) >= 11 is 1.83. The predicted octanol–water partition coefficient (Wildman–Crippen LogP) is 4.03. The fourth-order valence-electron chi connectivity index (χ4n) is 2.41. The third-order valence-electron chi connectivity index (χ3n) is 3.64. The molecule has 98 valence electrons. The van der Waals surface area contributed by atoms with Crippen molar-refractivity contribution in [3.63, 3.8) is 0 Å². The molecule has 0 fully saturated rings. The average molecular weight is 270 g/mol. The summed E-state index contributed by atoms with van der Waals surface area (Å²) in [7, 11) is 0. The molecule has 0 aromatic heterocycles. The van der Waals surface area contributed by atoms with Crippen LogP contribution in [0, 0.1) is 0 Å². The standard InChI is InChI=1S/C16H18N2S/c1-11(17)12(2)18-13-7-3-5-9-15(13)19-16-10-6-4-8-14(16)18/h3-12H,17H2,1-2H3. The van der Waals surface area contributed by atoms with E-state index in [-0.39, 0.29) is 12.1 Å². The fraction of sp³-hybridized carbons (Fsp3) is 0.250. The number of hydrogen-bond acceptors (Lipinski definition) is 3. The molecule has 2 aromatic carbocycles. The molecule has 0 radical (unpaired) electrons. The van der Waals surface area contributed by atoms with Crippen LogP contribution in [0.15, 0.2) is 58.3 Å². The Hall–Kier alpha value is -1.45. The minimum atomic E-state index is 0.115. The van der Waals surface area contributed by atoms with E-state index in [0.29, 0.717) is 0 Å². The summed E-state index contributed by atoms with van der Waals surface area (Å²) in [5, 5.41) is 0. The second-order valence-electron chi connectivity index (χ2n) is 5.01. The van der Waals surface area contributed by atoms with Gasteiger partial charge in [0.2, 0.25) is 0 Å². The van der Waals surface area contributed by atoms with Crippen molar-refractivity contribution in [1.82, 2.24) is 0 Å². The van der Waals surface area contributed by atoms with Crippen LogP contribution in [0.25, 0.3) is 0 Å². The Balaban J connectivity index is 2.16. The van der Waals surface area contributed by atoms with Gasteiger partial charge in [-0.2, -0.15) is 0 Å². The molecule has 2 nitrogen and oxygen atoms in total. The van der Waals surface area contributed by atoms with Crippen LogP contribution in [0.1, 0.15) is 13.8 Å². The smallest absolute Gasteiger partial charge is 0.0555 e. The molecule has 3 heteroatoms. The van der Waals surface area contributed by atoms with E-state index in [1.807, 2.05) is 11.8 Å². The first kappa shape index (κ1) is 12.6. The Morgan fingerprint density at radius 2 is 1.37 bits per heavy atom. The maximum absolute atomic E-state index is 6.13. The van der Waals surface area contributed by atoms with Crippen LogP contribution in [-0.2, 0) is 0 Å². The lowest BCUT2D eigenvalue weighted by Crippen LogP contribution is -2.42. The van der Waals surface area contributed by atoms with Crippen LogP contribution in [-0.4, -0.2) is 12.1 Å². The Bertz CT molecular complexity index is 549. The first-order chi connectivity index (χ1) is 9.18. The van der Waals surface area contributed by atoms with Gasteiger partial charge < -0.3 is 10.6 Å². The molecule has 2 unspecified atom stereocenters. The minimum absolute atomic E-state index is 0.115. The Morgan fingerprint density at radius 1 is 0.895 bits per heavy atom. The van der Waals surface area contributed by atoms with Crippen molar-refractivity contribution in [3.8, 4) is 0 Å². The van der Waals surface area contributed by atoms with Gasteiger partial charge in [0.05, 0.1) is 11.4 Å². The van der Waals surface area contributed by atoms with Crippen molar-refractivity contribution in [3.05, 3.63) is 48.5 Å². The van der Waals surface area contributed by atoms with E-state index in [4.69, 9.17) is 5.73 Å². The molecule has 1 aliphatic rings. The van der Waals surface area contributed by atoms with Crippen molar-refractivity contribution < 1.29 is 0 Å². The largest absolute Gasteiger partial charge is 0.335 e. The molecule has 0 saturated heterocycles. The summed E-state index contributed by atoms with van der Waals surface area (Å²) in [4.78, 5) is 4.97. The van der Waals surface area contributed by atoms with E-state index in [1.54, 1.807) is 0 Å². The molecular weight excluding hydrogens is 252 g/mol. The summed E-state index contributed by atoms with van der Waals surface area (Å²) in [5.74, 6) is 0. The first-order valence-corrected chi connectivity index (χ1v) is 7.41. The summed E-state index contributed by atoms with van der Waals surface area (Å²) in [6, 6.07) is 17.5. The molecule has 2 aromatic rings. The second-order valence-corrected chi connectivity index (χ2v) is 6.09. The van der Waals surface area contributed by atoms with Crippen LogP contribution in [0.2, 0.25) is 0 Å². The van der Waals surface area contributed by atoms with Crippen LogP contribution in [0.5, 0.6) is 0 Å². The Labute approximate surface area is 118 Å². The van der Waals surface area contributed by atoms with E-state index in [0.717, 1.165) is 0 Å². The highest BCUT2D eigenvalue weighted by Gasteiger charge is 2.27. The molecule has 0 saturated carbocycles.